The molecule has 0 aromatic carbocycles. The quantitative estimate of drug-likeness (QED) is 0.117. The summed E-state index contributed by atoms with van der Waals surface area (Å²) in [5, 5.41) is 55.1. The zero-order valence-corrected chi connectivity index (χ0v) is 22.1. The van der Waals surface area contributed by atoms with E-state index in [0.29, 0.717) is 12.8 Å². The predicted octanol–water partition coefficient (Wildman–Crippen LogP) is -6.01. The van der Waals surface area contributed by atoms with Crippen LogP contribution in [0.4, 0.5) is 0 Å². The van der Waals surface area contributed by atoms with Crippen molar-refractivity contribution in [2.45, 2.75) is 118 Å². The van der Waals surface area contributed by atoms with Crippen molar-refractivity contribution in [2.24, 2.45) is 28.7 Å². The Morgan fingerprint density at radius 2 is 1.72 bits per heavy atom. The Kier molecular flexibility index (Phi) is 11.4. The average molecular weight is 567 g/mol. The molecule has 39 heavy (non-hydrogen) atoms. The van der Waals surface area contributed by atoms with Gasteiger partial charge in [0, 0.05) is 12.6 Å². The normalized spacial score (nSPS) is 46.0. The van der Waals surface area contributed by atoms with Crippen LogP contribution in [0, 0.1) is 0 Å². The van der Waals surface area contributed by atoms with E-state index in [1.54, 1.807) is 0 Å². The molecule has 1 amide bonds. The first-order valence-electron chi connectivity index (χ1n) is 13.3. The molecule has 3 aliphatic rings. The van der Waals surface area contributed by atoms with E-state index in [-0.39, 0.29) is 32.0 Å². The van der Waals surface area contributed by atoms with E-state index < -0.39 is 91.5 Å². The van der Waals surface area contributed by atoms with Gasteiger partial charge in [-0.3, -0.25) is 4.79 Å². The maximum Gasteiger partial charge on any atom is 0.249 e. The lowest BCUT2D eigenvalue weighted by Crippen LogP contribution is -2.73. The molecule has 0 radical (unpaired) electrons. The molecule has 3 rings (SSSR count). The highest BCUT2D eigenvalue weighted by Crippen LogP contribution is 2.37. The van der Waals surface area contributed by atoms with Crippen molar-refractivity contribution in [2.75, 3.05) is 19.7 Å². The van der Waals surface area contributed by atoms with E-state index in [4.69, 9.17) is 47.6 Å². The summed E-state index contributed by atoms with van der Waals surface area (Å²) in [6.45, 7) is 1.06. The van der Waals surface area contributed by atoms with E-state index in [1.165, 1.54) is 6.92 Å². The summed E-state index contributed by atoms with van der Waals surface area (Å²) in [5.41, 5.74) is 27.8. The Morgan fingerprint density at radius 3 is 2.33 bits per heavy atom. The van der Waals surface area contributed by atoms with Gasteiger partial charge < -0.3 is 78.5 Å². The number of nitrogens with one attached hydrogen (secondary N) is 1. The Labute approximate surface area is 227 Å². The summed E-state index contributed by atoms with van der Waals surface area (Å²) >= 11 is 0. The molecule has 6 unspecified atom stereocenters. The fourth-order valence-corrected chi connectivity index (χ4v) is 5.41. The first-order chi connectivity index (χ1) is 18.3. The van der Waals surface area contributed by atoms with E-state index in [0.717, 1.165) is 0 Å². The third kappa shape index (κ3) is 7.22. The molecule has 0 bridgehead atoms. The largest absolute Gasteiger partial charge is 0.394 e. The van der Waals surface area contributed by atoms with Crippen molar-refractivity contribution in [3.63, 3.8) is 0 Å². The Balaban J connectivity index is 1.89. The van der Waals surface area contributed by atoms with E-state index in [1.807, 2.05) is 0 Å². The lowest BCUT2D eigenvalue weighted by atomic mass is 9.74. The van der Waals surface area contributed by atoms with E-state index in [2.05, 4.69) is 5.32 Å². The zero-order valence-electron chi connectivity index (χ0n) is 22.1. The van der Waals surface area contributed by atoms with Crippen LogP contribution in [-0.2, 0) is 23.7 Å². The number of hydrogen-bond donors (Lipinski definition) is 11. The van der Waals surface area contributed by atoms with Crippen LogP contribution in [0.15, 0.2) is 0 Å². The lowest BCUT2D eigenvalue weighted by Gasteiger charge is -2.52. The van der Waals surface area contributed by atoms with Gasteiger partial charge in [0.05, 0.1) is 30.8 Å². The van der Waals surface area contributed by atoms with Crippen molar-refractivity contribution in [3.8, 4) is 0 Å². The second kappa shape index (κ2) is 13.7. The number of carbonyl (C=O) groups excluding carboxylic acids is 1. The van der Waals surface area contributed by atoms with E-state index >= 15 is 0 Å². The zero-order chi connectivity index (χ0) is 29.1. The van der Waals surface area contributed by atoms with Gasteiger partial charge in [-0.1, -0.05) is 0 Å². The molecule has 16 N–H and O–H groups in total. The Bertz CT molecular complexity index is 796. The summed E-state index contributed by atoms with van der Waals surface area (Å²) in [7, 11) is 0. The van der Waals surface area contributed by atoms with Gasteiger partial charge in [-0.25, -0.2) is 0 Å². The van der Waals surface area contributed by atoms with Crippen LogP contribution in [0.3, 0.4) is 0 Å². The standard InChI is InChI=1S/C23H46N6O10/c1-23(35)18(38-21-10(26)3-2-9(7-25)36-21)11(27)6-12(29-20(34)13(31)4-5-24)19(23)39-22-17(33)15(28)16(32)14(8-30)37-22/h9-19,21-22,30-33,35H,2-8,24-28H2,1H3,(H,29,34)/t9?,10?,11-,12+,13-,14?,15-,16+,17?,18?,19-,21+,22+,23?/m0/s1. The number of hydrogen-bond acceptors (Lipinski definition) is 15. The number of aliphatic hydroxyl groups excluding tert-OH is 4. The van der Waals surface area contributed by atoms with Gasteiger partial charge in [0.1, 0.15) is 42.2 Å². The molecule has 3 fully saturated rings. The maximum absolute atomic E-state index is 12.7. The van der Waals surface area contributed by atoms with Gasteiger partial charge in [-0.15, -0.1) is 0 Å². The highest BCUT2D eigenvalue weighted by atomic mass is 16.7. The highest BCUT2D eigenvalue weighted by molar-refractivity contribution is 5.80. The minimum absolute atomic E-state index is 0.00709. The molecule has 0 spiro atoms. The summed E-state index contributed by atoms with van der Waals surface area (Å²) in [4.78, 5) is 12.7. The summed E-state index contributed by atoms with van der Waals surface area (Å²) < 4.78 is 23.6. The smallest absolute Gasteiger partial charge is 0.249 e. The van der Waals surface area contributed by atoms with Gasteiger partial charge in [0.15, 0.2) is 12.6 Å². The first-order valence-corrected chi connectivity index (χ1v) is 13.3. The van der Waals surface area contributed by atoms with Crippen molar-refractivity contribution in [1.29, 1.82) is 0 Å². The van der Waals surface area contributed by atoms with Gasteiger partial charge >= 0.3 is 0 Å². The van der Waals surface area contributed by atoms with Crippen LogP contribution < -0.4 is 34.0 Å². The number of rotatable bonds is 10. The molecule has 0 aromatic rings. The lowest BCUT2D eigenvalue weighted by molar-refractivity contribution is -0.330. The summed E-state index contributed by atoms with van der Waals surface area (Å²) in [6.07, 6.45) is -9.57. The van der Waals surface area contributed by atoms with Crippen LogP contribution in [0.1, 0.15) is 32.6 Å². The molecule has 14 atom stereocenters. The molecule has 2 heterocycles. The second-order valence-corrected chi connectivity index (χ2v) is 10.8. The van der Waals surface area contributed by atoms with Crippen LogP contribution in [0.2, 0.25) is 0 Å². The Hall–Kier alpha value is -1.09. The van der Waals surface area contributed by atoms with Crippen molar-refractivity contribution in [3.05, 3.63) is 0 Å². The van der Waals surface area contributed by atoms with Crippen LogP contribution >= 0.6 is 0 Å². The molecular formula is C23H46N6O10. The fourth-order valence-electron chi connectivity index (χ4n) is 5.41. The first kappa shape index (κ1) is 32.4. The van der Waals surface area contributed by atoms with Gasteiger partial charge in [-0.2, -0.15) is 0 Å². The molecule has 228 valence electrons. The minimum Gasteiger partial charge on any atom is -0.394 e. The van der Waals surface area contributed by atoms with Crippen LogP contribution in [0.25, 0.3) is 0 Å². The van der Waals surface area contributed by atoms with Crippen LogP contribution in [-0.4, -0.2) is 136 Å². The maximum atomic E-state index is 12.7. The van der Waals surface area contributed by atoms with Gasteiger partial charge in [0.2, 0.25) is 5.91 Å². The molecular weight excluding hydrogens is 520 g/mol. The molecule has 2 saturated heterocycles. The average Bonchev–Trinajstić information content (AvgIpc) is 2.89. The third-order valence-corrected chi connectivity index (χ3v) is 7.76. The van der Waals surface area contributed by atoms with Crippen molar-refractivity contribution in [1.82, 2.24) is 5.32 Å². The summed E-state index contributed by atoms with van der Waals surface area (Å²) in [5.74, 6) is -0.768. The highest BCUT2D eigenvalue weighted by Gasteiger charge is 2.56. The van der Waals surface area contributed by atoms with Crippen LogP contribution in [0.5, 0.6) is 0 Å². The number of amides is 1. The van der Waals surface area contributed by atoms with E-state index in [9.17, 15) is 30.3 Å². The topological polar surface area (TPSA) is 297 Å². The molecule has 16 heteroatoms. The molecule has 2 aliphatic heterocycles. The number of aliphatic hydroxyl groups is 5. The third-order valence-electron chi connectivity index (χ3n) is 7.76. The minimum atomic E-state index is -1.95. The second-order valence-electron chi connectivity index (χ2n) is 10.8. The monoisotopic (exact) mass is 566 g/mol. The van der Waals surface area contributed by atoms with Gasteiger partial charge in [0.25, 0.3) is 0 Å². The molecule has 0 aromatic heterocycles. The number of ether oxygens (including phenoxy) is 4. The predicted molar refractivity (Wildman–Crippen MR) is 135 cm³/mol. The van der Waals surface area contributed by atoms with Gasteiger partial charge in [-0.05, 0) is 39.2 Å². The van der Waals surface area contributed by atoms with Crippen molar-refractivity contribution >= 4 is 5.91 Å². The molecule has 1 aliphatic carbocycles. The number of nitrogens with two attached hydrogens (primary N) is 5. The molecule has 1 saturated carbocycles. The number of carbonyl (C=O) groups is 1. The molecule has 16 nitrogen and oxygen atoms in total. The SMILES string of the molecule is CC1(O)C(O[C@H]2OC(CN)CCC2N)[C@@H](N)C[C@@H](NC(=O)[C@@H](O)CCN)[C@@H]1O[C@H]1OC(CO)[C@@H](O)[C@H](N)C1O. The fraction of sp³-hybridized carbons (Fsp3) is 0.957. The Morgan fingerprint density at radius 1 is 1.05 bits per heavy atom. The van der Waals surface area contributed by atoms with Crippen molar-refractivity contribution < 1.29 is 49.3 Å². The summed E-state index contributed by atoms with van der Waals surface area (Å²) in [6, 6.07) is -3.63.